The number of hydrogen-bond donors (Lipinski definition) is 1. The van der Waals surface area contributed by atoms with Crippen molar-refractivity contribution in [3.63, 3.8) is 0 Å². The van der Waals surface area contributed by atoms with Crippen molar-refractivity contribution >= 4 is 0 Å². The Labute approximate surface area is 109 Å². The lowest BCUT2D eigenvalue weighted by molar-refractivity contribution is 0.0835. The molecule has 1 saturated carbocycles. The second-order valence-corrected chi connectivity index (χ2v) is 7.91. The minimum atomic E-state index is 0.507. The van der Waals surface area contributed by atoms with Gasteiger partial charge in [-0.25, -0.2) is 0 Å². The quantitative estimate of drug-likeness (QED) is 0.738. The second kappa shape index (κ2) is 5.73. The molecule has 1 rings (SSSR count). The highest BCUT2D eigenvalue weighted by molar-refractivity contribution is 4.92. The van der Waals surface area contributed by atoms with Gasteiger partial charge in [-0.2, -0.15) is 0 Å². The second-order valence-electron chi connectivity index (χ2n) is 7.91. The summed E-state index contributed by atoms with van der Waals surface area (Å²) in [6.45, 7) is 15.6. The Bertz CT molecular complexity index is 214. The predicted molar refractivity (Wildman–Crippen MR) is 77.3 cm³/mol. The SMILES string of the molecule is CCCC(C)CNC1CC(C)(C)CC(C)(C)C1. The first-order valence-electron chi connectivity index (χ1n) is 7.47. The van der Waals surface area contributed by atoms with Gasteiger partial charge in [0.1, 0.15) is 0 Å². The maximum atomic E-state index is 3.82. The fraction of sp³-hybridized carbons (Fsp3) is 1.00. The summed E-state index contributed by atoms with van der Waals surface area (Å²) in [5, 5.41) is 3.82. The molecule has 0 aromatic rings. The molecule has 1 N–H and O–H groups in total. The highest BCUT2D eigenvalue weighted by Gasteiger charge is 2.38. The summed E-state index contributed by atoms with van der Waals surface area (Å²) in [4.78, 5) is 0. The van der Waals surface area contributed by atoms with Crippen LogP contribution in [0.1, 0.15) is 73.6 Å². The molecule has 17 heavy (non-hydrogen) atoms. The van der Waals surface area contributed by atoms with Crippen molar-refractivity contribution in [2.24, 2.45) is 16.7 Å². The molecule has 1 aliphatic rings. The summed E-state index contributed by atoms with van der Waals surface area (Å²) >= 11 is 0. The first kappa shape index (κ1) is 15.0. The molecule has 1 heteroatoms. The highest BCUT2D eigenvalue weighted by Crippen LogP contribution is 2.45. The predicted octanol–water partition coefficient (Wildman–Crippen LogP) is 4.62. The zero-order valence-corrected chi connectivity index (χ0v) is 12.9. The molecule has 1 aliphatic carbocycles. The highest BCUT2D eigenvalue weighted by atomic mass is 14.9. The summed E-state index contributed by atoms with van der Waals surface area (Å²) in [6.07, 6.45) is 6.71. The van der Waals surface area contributed by atoms with Crippen molar-refractivity contribution < 1.29 is 0 Å². The molecular weight excluding hydrogens is 206 g/mol. The molecule has 1 nitrogen and oxygen atoms in total. The van der Waals surface area contributed by atoms with E-state index in [2.05, 4.69) is 46.9 Å². The van der Waals surface area contributed by atoms with Crippen molar-refractivity contribution in [1.29, 1.82) is 0 Å². The van der Waals surface area contributed by atoms with E-state index in [4.69, 9.17) is 0 Å². The van der Waals surface area contributed by atoms with Crippen molar-refractivity contribution in [2.45, 2.75) is 79.7 Å². The zero-order valence-electron chi connectivity index (χ0n) is 12.9. The molecule has 0 radical (unpaired) electrons. The van der Waals surface area contributed by atoms with Crippen molar-refractivity contribution in [3.05, 3.63) is 0 Å². The lowest BCUT2D eigenvalue weighted by Gasteiger charge is -2.45. The third-order valence-electron chi connectivity index (χ3n) is 4.09. The molecule has 0 amide bonds. The molecule has 1 atom stereocenters. The van der Waals surface area contributed by atoms with E-state index in [1.165, 1.54) is 38.6 Å². The van der Waals surface area contributed by atoms with Crippen LogP contribution in [0.15, 0.2) is 0 Å². The van der Waals surface area contributed by atoms with Crippen LogP contribution in [-0.2, 0) is 0 Å². The number of hydrogen-bond acceptors (Lipinski definition) is 1. The van der Waals surface area contributed by atoms with Gasteiger partial charge in [0.2, 0.25) is 0 Å². The third-order valence-corrected chi connectivity index (χ3v) is 4.09. The molecule has 0 aromatic carbocycles. The average molecular weight is 239 g/mol. The van der Waals surface area contributed by atoms with Crippen LogP contribution in [0.4, 0.5) is 0 Å². The Morgan fingerprint density at radius 1 is 1.12 bits per heavy atom. The molecule has 102 valence electrons. The van der Waals surface area contributed by atoms with Gasteiger partial charge in [0.15, 0.2) is 0 Å². The van der Waals surface area contributed by atoms with E-state index >= 15 is 0 Å². The first-order valence-corrected chi connectivity index (χ1v) is 7.47. The first-order chi connectivity index (χ1) is 7.74. The summed E-state index contributed by atoms with van der Waals surface area (Å²) in [5.41, 5.74) is 1.01. The maximum Gasteiger partial charge on any atom is 0.00773 e. The van der Waals surface area contributed by atoms with E-state index in [0.29, 0.717) is 10.8 Å². The lowest BCUT2D eigenvalue weighted by Crippen LogP contribution is -2.45. The van der Waals surface area contributed by atoms with Gasteiger partial charge in [-0.05, 0) is 49.0 Å². The standard InChI is InChI=1S/C16H33N/c1-7-8-13(2)11-17-14-9-15(3,4)12-16(5,6)10-14/h13-14,17H,7-12H2,1-6H3. The topological polar surface area (TPSA) is 12.0 Å². The van der Waals surface area contributed by atoms with Crippen LogP contribution in [0.2, 0.25) is 0 Å². The Morgan fingerprint density at radius 2 is 1.65 bits per heavy atom. The number of nitrogens with one attached hydrogen (secondary N) is 1. The molecule has 0 saturated heterocycles. The van der Waals surface area contributed by atoms with Crippen molar-refractivity contribution in [1.82, 2.24) is 5.32 Å². The fourth-order valence-electron chi connectivity index (χ4n) is 3.95. The van der Waals surface area contributed by atoms with Crippen LogP contribution in [0.25, 0.3) is 0 Å². The molecule has 0 spiro atoms. The Hall–Kier alpha value is -0.0400. The molecule has 0 heterocycles. The smallest absolute Gasteiger partial charge is 0.00773 e. The van der Waals surface area contributed by atoms with Gasteiger partial charge in [0, 0.05) is 6.04 Å². The van der Waals surface area contributed by atoms with Crippen LogP contribution in [0, 0.1) is 16.7 Å². The minimum absolute atomic E-state index is 0.507. The average Bonchev–Trinajstić information content (AvgIpc) is 2.10. The number of rotatable bonds is 5. The van der Waals surface area contributed by atoms with Gasteiger partial charge in [-0.15, -0.1) is 0 Å². The van der Waals surface area contributed by atoms with Crippen molar-refractivity contribution in [3.8, 4) is 0 Å². The molecule has 0 aliphatic heterocycles. The molecular formula is C16H33N. The van der Waals surface area contributed by atoms with Gasteiger partial charge < -0.3 is 5.32 Å². The normalized spacial score (nSPS) is 25.8. The van der Waals surface area contributed by atoms with E-state index in [-0.39, 0.29) is 0 Å². The van der Waals surface area contributed by atoms with Crippen LogP contribution in [0.3, 0.4) is 0 Å². The Balaban J connectivity index is 2.43. The largest absolute Gasteiger partial charge is 0.314 e. The van der Waals surface area contributed by atoms with Gasteiger partial charge in [-0.1, -0.05) is 48.0 Å². The molecule has 1 unspecified atom stereocenters. The van der Waals surface area contributed by atoms with Crippen LogP contribution >= 0.6 is 0 Å². The summed E-state index contributed by atoms with van der Waals surface area (Å²) < 4.78 is 0. The summed E-state index contributed by atoms with van der Waals surface area (Å²) in [5.74, 6) is 0.827. The minimum Gasteiger partial charge on any atom is -0.314 e. The summed E-state index contributed by atoms with van der Waals surface area (Å²) in [6, 6.07) is 0.730. The third kappa shape index (κ3) is 5.42. The van der Waals surface area contributed by atoms with Crippen LogP contribution in [-0.4, -0.2) is 12.6 Å². The maximum absolute atomic E-state index is 3.82. The molecule has 0 aromatic heterocycles. The van der Waals surface area contributed by atoms with Gasteiger partial charge in [0.05, 0.1) is 0 Å². The zero-order chi connectivity index (χ0) is 13.1. The van der Waals surface area contributed by atoms with Crippen LogP contribution < -0.4 is 5.32 Å². The van der Waals surface area contributed by atoms with E-state index < -0.39 is 0 Å². The van der Waals surface area contributed by atoms with Gasteiger partial charge in [0.25, 0.3) is 0 Å². The lowest BCUT2D eigenvalue weighted by atomic mass is 9.63. The van der Waals surface area contributed by atoms with E-state index in [0.717, 1.165) is 12.0 Å². The monoisotopic (exact) mass is 239 g/mol. The van der Waals surface area contributed by atoms with E-state index in [1.54, 1.807) is 0 Å². The van der Waals surface area contributed by atoms with Crippen molar-refractivity contribution in [2.75, 3.05) is 6.54 Å². The van der Waals surface area contributed by atoms with Gasteiger partial charge >= 0.3 is 0 Å². The van der Waals surface area contributed by atoms with E-state index in [1.807, 2.05) is 0 Å². The Morgan fingerprint density at radius 3 is 2.12 bits per heavy atom. The van der Waals surface area contributed by atoms with Crippen LogP contribution in [0.5, 0.6) is 0 Å². The van der Waals surface area contributed by atoms with Gasteiger partial charge in [-0.3, -0.25) is 0 Å². The fourth-order valence-corrected chi connectivity index (χ4v) is 3.95. The van der Waals surface area contributed by atoms with E-state index in [9.17, 15) is 0 Å². The molecule has 0 bridgehead atoms. The molecule has 1 fully saturated rings. The Kier molecular flexibility index (Phi) is 5.07. The summed E-state index contributed by atoms with van der Waals surface area (Å²) in [7, 11) is 0.